The molecule has 0 fully saturated rings. The Hall–Kier alpha value is -1.00. The molecule has 0 amide bonds. The predicted octanol–water partition coefficient (Wildman–Crippen LogP) is 4.34. The lowest BCUT2D eigenvalue weighted by Crippen LogP contribution is -2.29. The Morgan fingerprint density at radius 3 is 1.83 bits per heavy atom. The summed E-state index contributed by atoms with van der Waals surface area (Å²) in [5, 5.41) is 17.5. The van der Waals surface area contributed by atoms with E-state index in [-0.39, 0.29) is 12.8 Å². The van der Waals surface area contributed by atoms with E-state index < -0.39 is 29.1 Å². The second-order valence-electron chi connectivity index (χ2n) is 7.27. The molecular weight excluding hydrogens is 410 g/mol. The molecule has 0 saturated carbocycles. The molecule has 0 heterocycles. The maximum absolute atomic E-state index is 11.4. The summed E-state index contributed by atoms with van der Waals surface area (Å²) in [5.74, 6) is -1.45. The molecule has 1 atom stereocenters. The maximum atomic E-state index is 11.4. The fraction of sp³-hybridized carbons (Fsp3) is 0.857. The van der Waals surface area contributed by atoms with Crippen molar-refractivity contribution in [2.24, 2.45) is 0 Å². The van der Waals surface area contributed by atoms with Crippen molar-refractivity contribution >= 4 is 16.4 Å². The van der Waals surface area contributed by atoms with Gasteiger partial charge in [-0.2, -0.15) is 8.42 Å². The zero-order valence-electron chi connectivity index (χ0n) is 18.6. The van der Waals surface area contributed by atoms with Crippen molar-refractivity contribution in [2.45, 2.75) is 103 Å². The van der Waals surface area contributed by atoms with Crippen LogP contribution in [-0.4, -0.2) is 43.9 Å². The Morgan fingerprint density at radius 2 is 1.33 bits per heavy atom. The highest BCUT2D eigenvalue weighted by Crippen LogP contribution is 2.10. The van der Waals surface area contributed by atoms with Gasteiger partial charge in [-0.15, -0.1) is 0 Å². The van der Waals surface area contributed by atoms with E-state index in [2.05, 4.69) is 27.4 Å². The first kappa shape index (κ1) is 31.2. The molecule has 9 heteroatoms. The summed E-state index contributed by atoms with van der Waals surface area (Å²) in [5.41, 5.74) is 0. The smallest absolute Gasteiger partial charge is 0.393 e. The number of unbranched alkanes of at least 4 members (excludes halogenated alkanes) is 12. The molecule has 0 aromatic heterocycles. The van der Waals surface area contributed by atoms with E-state index in [0.717, 1.165) is 32.1 Å². The Kier molecular flexibility index (Phi) is 22.1. The lowest BCUT2D eigenvalue weighted by atomic mass is 10.1. The molecule has 0 bridgehead atoms. The molecule has 0 spiro atoms. The van der Waals surface area contributed by atoms with Crippen molar-refractivity contribution in [1.82, 2.24) is 6.15 Å². The zero-order chi connectivity index (χ0) is 21.8. The number of allylic oxidation sites excluding steroid dienone is 2. The van der Waals surface area contributed by atoms with E-state index in [1.807, 2.05) is 0 Å². The highest BCUT2D eigenvalue weighted by Gasteiger charge is 2.24. The second kappa shape index (κ2) is 21.2. The first-order chi connectivity index (χ1) is 13.9. The largest absolute Gasteiger partial charge is 0.451 e. The van der Waals surface area contributed by atoms with E-state index >= 15 is 0 Å². The summed E-state index contributed by atoms with van der Waals surface area (Å²) in [6.07, 6.45) is 18.8. The average Bonchev–Trinajstić information content (AvgIpc) is 2.69. The molecule has 0 aliphatic heterocycles. The number of aliphatic hydroxyl groups is 2. The molecule has 0 aromatic carbocycles. The van der Waals surface area contributed by atoms with Gasteiger partial charge in [-0.3, -0.25) is 0 Å². The molecule has 5 N–H and O–H groups in total. The molecule has 0 aromatic rings. The van der Waals surface area contributed by atoms with Crippen LogP contribution >= 0.6 is 0 Å². The molecule has 180 valence electrons. The zero-order valence-corrected chi connectivity index (χ0v) is 19.4. The second-order valence-corrected chi connectivity index (χ2v) is 8.49. The summed E-state index contributed by atoms with van der Waals surface area (Å²) in [6.45, 7) is 1.25. The first-order valence-corrected chi connectivity index (χ1v) is 12.3. The van der Waals surface area contributed by atoms with Crippen molar-refractivity contribution in [3.8, 4) is 0 Å². The van der Waals surface area contributed by atoms with Gasteiger partial charge in [-0.1, -0.05) is 76.9 Å². The Balaban J connectivity index is 0. The van der Waals surface area contributed by atoms with Crippen molar-refractivity contribution in [3.63, 3.8) is 0 Å². The van der Waals surface area contributed by atoms with Gasteiger partial charge in [0.05, 0.1) is 13.2 Å². The van der Waals surface area contributed by atoms with Crippen LogP contribution in [0.3, 0.4) is 0 Å². The molecule has 0 rings (SSSR count). The van der Waals surface area contributed by atoms with E-state index in [0.29, 0.717) is 6.42 Å². The highest BCUT2D eigenvalue weighted by molar-refractivity contribution is 7.82. The fourth-order valence-corrected chi connectivity index (χ4v) is 3.45. The van der Waals surface area contributed by atoms with E-state index in [1.165, 1.54) is 51.4 Å². The standard InChI is InChI=1S/C21H40O7S.H3N/c1-2-3-4-5-6-7-8-9-10-11-12-13-14-15-16-17-18-27-29(25,26)28-21(24)20(23)19-22;/h9-10,20,22-23H,2-8,11-19H2,1H3;1H3/b10-9-;. The van der Waals surface area contributed by atoms with Crippen LogP contribution in [0.2, 0.25) is 0 Å². The van der Waals surface area contributed by atoms with Crippen LogP contribution in [0.1, 0.15) is 96.8 Å². The average molecular weight is 454 g/mol. The van der Waals surface area contributed by atoms with Gasteiger partial charge in [0, 0.05) is 0 Å². The van der Waals surface area contributed by atoms with E-state index in [1.54, 1.807) is 0 Å². The van der Waals surface area contributed by atoms with Crippen molar-refractivity contribution in [2.75, 3.05) is 13.2 Å². The minimum atomic E-state index is -4.48. The SMILES string of the molecule is CCCCCCCC/C=C\CCCCCCCCOS(=O)(=O)OC(=O)C(O)CO.N. The molecule has 0 saturated heterocycles. The number of hydrogen-bond donors (Lipinski definition) is 3. The number of aliphatic hydroxyl groups excluding tert-OH is 2. The Morgan fingerprint density at radius 1 is 0.867 bits per heavy atom. The quantitative estimate of drug-likeness (QED) is 0.182. The molecule has 1 unspecified atom stereocenters. The van der Waals surface area contributed by atoms with Crippen LogP contribution in [0.4, 0.5) is 0 Å². The first-order valence-electron chi connectivity index (χ1n) is 11.0. The molecule has 8 nitrogen and oxygen atoms in total. The maximum Gasteiger partial charge on any atom is 0.451 e. The lowest BCUT2D eigenvalue weighted by Gasteiger charge is -2.08. The predicted molar refractivity (Wildman–Crippen MR) is 119 cm³/mol. The summed E-state index contributed by atoms with van der Waals surface area (Å²) in [4.78, 5) is 11.1. The van der Waals surface area contributed by atoms with Crippen LogP contribution < -0.4 is 6.15 Å². The minimum absolute atomic E-state index is 0. The minimum Gasteiger partial charge on any atom is -0.393 e. The highest BCUT2D eigenvalue weighted by atomic mass is 32.3. The van der Waals surface area contributed by atoms with Gasteiger partial charge < -0.3 is 20.5 Å². The Bertz CT molecular complexity index is 523. The van der Waals surface area contributed by atoms with Crippen LogP contribution in [0.25, 0.3) is 0 Å². The summed E-state index contributed by atoms with van der Waals surface area (Å²) >= 11 is 0. The number of hydrogen-bond acceptors (Lipinski definition) is 8. The fourth-order valence-electron chi connectivity index (χ4n) is 2.77. The Labute approximate surface area is 183 Å². The van der Waals surface area contributed by atoms with Crippen molar-refractivity contribution < 1.29 is 31.8 Å². The van der Waals surface area contributed by atoms with Gasteiger partial charge in [-0.25, -0.2) is 8.98 Å². The van der Waals surface area contributed by atoms with Crippen molar-refractivity contribution in [1.29, 1.82) is 0 Å². The monoisotopic (exact) mass is 453 g/mol. The topological polar surface area (TPSA) is 145 Å². The molecule has 30 heavy (non-hydrogen) atoms. The van der Waals surface area contributed by atoms with Gasteiger partial charge in [0.2, 0.25) is 0 Å². The van der Waals surface area contributed by atoms with Crippen LogP contribution in [0.15, 0.2) is 12.2 Å². The van der Waals surface area contributed by atoms with Gasteiger partial charge >= 0.3 is 16.4 Å². The van der Waals surface area contributed by atoms with Gasteiger partial charge in [0.1, 0.15) is 0 Å². The van der Waals surface area contributed by atoms with E-state index in [4.69, 9.17) is 10.2 Å². The number of carbonyl (C=O) groups is 1. The third-order valence-corrected chi connectivity index (χ3v) is 5.34. The summed E-state index contributed by atoms with van der Waals surface area (Å²) < 4.78 is 31.3. The molecule has 0 aliphatic carbocycles. The third-order valence-electron chi connectivity index (χ3n) is 4.51. The third kappa shape index (κ3) is 20.3. The van der Waals surface area contributed by atoms with E-state index in [9.17, 15) is 13.2 Å². The van der Waals surface area contributed by atoms with Crippen molar-refractivity contribution in [3.05, 3.63) is 12.2 Å². The van der Waals surface area contributed by atoms with Gasteiger partial charge in [0.15, 0.2) is 6.10 Å². The number of carbonyl (C=O) groups excluding carboxylic acids is 1. The van der Waals surface area contributed by atoms with Crippen LogP contribution in [-0.2, 0) is 23.6 Å². The van der Waals surface area contributed by atoms with Crippen LogP contribution in [0.5, 0.6) is 0 Å². The summed E-state index contributed by atoms with van der Waals surface area (Å²) in [7, 11) is -4.48. The molecule has 0 aliphatic rings. The van der Waals surface area contributed by atoms with Gasteiger partial charge in [-0.05, 0) is 32.1 Å². The number of rotatable bonds is 20. The lowest BCUT2D eigenvalue weighted by molar-refractivity contribution is -0.145. The van der Waals surface area contributed by atoms with Crippen LogP contribution in [0, 0.1) is 0 Å². The molecule has 0 radical (unpaired) electrons. The van der Waals surface area contributed by atoms with Gasteiger partial charge in [0.25, 0.3) is 0 Å². The molecular formula is C21H43NO7S. The normalized spacial score (nSPS) is 12.6. The summed E-state index contributed by atoms with van der Waals surface area (Å²) in [6, 6.07) is 0.